The van der Waals surface area contributed by atoms with Crippen LogP contribution in [0.25, 0.3) is 0 Å². The van der Waals surface area contributed by atoms with Crippen LogP contribution in [0, 0.1) is 5.92 Å². The summed E-state index contributed by atoms with van der Waals surface area (Å²) in [6.07, 6.45) is 1.63. The molecule has 1 fully saturated rings. The Hall–Kier alpha value is -1.84. The van der Waals surface area contributed by atoms with Crippen molar-refractivity contribution in [3.8, 4) is 0 Å². The number of benzene rings is 1. The van der Waals surface area contributed by atoms with Crippen LogP contribution in [0.2, 0.25) is 0 Å². The van der Waals surface area contributed by atoms with Crippen molar-refractivity contribution in [1.29, 1.82) is 0 Å². The zero-order chi connectivity index (χ0) is 16.3. The molecule has 1 atom stereocenters. The van der Waals surface area contributed by atoms with E-state index in [1.54, 1.807) is 9.80 Å². The van der Waals surface area contributed by atoms with Gasteiger partial charge in [-0.15, -0.1) is 0 Å². The summed E-state index contributed by atoms with van der Waals surface area (Å²) >= 11 is 0. The van der Waals surface area contributed by atoms with Crippen molar-refractivity contribution >= 4 is 11.8 Å². The smallest absolute Gasteiger partial charge is 0.248 e. The molecular formula is C18H26N2O2. The van der Waals surface area contributed by atoms with E-state index in [1.807, 2.05) is 58.2 Å². The Labute approximate surface area is 133 Å². The largest absolute Gasteiger partial charge is 0.339 e. The van der Waals surface area contributed by atoms with E-state index in [2.05, 4.69) is 0 Å². The Morgan fingerprint density at radius 1 is 1.27 bits per heavy atom. The van der Waals surface area contributed by atoms with Gasteiger partial charge in [0.25, 0.3) is 0 Å². The molecule has 1 aliphatic heterocycles. The van der Waals surface area contributed by atoms with Gasteiger partial charge in [0.2, 0.25) is 11.8 Å². The zero-order valence-corrected chi connectivity index (χ0v) is 14.0. The molecule has 0 radical (unpaired) electrons. The van der Waals surface area contributed by atoms with Crippen molar-refractivity contribution in [3.63, 3.8) is 0 Å². The number of nitrogens with zero attached hydrogens (tertiary/aromatic N) is 2. The minimum absolute atomic E-state index is 0.0304. The molecule has 1 heterocycles. The first-order valence-corrected chi connectivity index (χ1v) is 7.97. The van der Waals surface area contributed by atoms with Crippen molar-refractivity contribution in [1.82, 2.24) is 9.80 Å². The summed E-state index contributed by atoms with van der Waals surface area (Å²) in [5.41, 5.74) is 0.395. The molecule has 1 unspecified atom stereocenters. The van der Waals surface area contributed by atoms with Gasteiger partial charge in [0, 0.05) is 26.1 Å². The summed E-state index contributed by atoms with van der Waals surface area (Å²) in [7, 11) is 1.82. The van der Waals surface area contributed by atoms with Crippen molar-refractivity contribution < 1.29 is 9.59 Å². The second-order valence-corrected chi connectivity index (χ2v) is 6.67. The van der Waals surface area contributed by atoms with E-state index in [9.17, 15) is 9.59 Å². The second-order valence-electron chi connectivity index (χ2n) is 6.67. The molecule has 120 valence electrons. The Bertz CT molecular complexity index is 541. The molecule has 1 saturated heterocycles. The van der Waals surface area contributed by atoms with E-state index >= 15 is 0 Å². The maximum absolute atomic E-state index is 12.9. The van der Waals surface area contributed by atoms with Gasteiger partial charge >= 0.3 is 0 Å². The SMILES string of the molecule is CC(C)C(=O)N1CCCC1(C)C(=O)N(C)Cc1ccccc1. The number of carbonyl (C=O) groups is 2. The highest BCUT2D eigenvalue weighted by molar-refractivity contribution is 5.92. The van der Waals surface area contributed by atoms with Gasteiger partial charge in [-0.25, -0.2) is 0 Å². The third kappa shape index (κ3) is 3.16. The van der Waals surface area contributed by atoms with Gasteiger partial charge in [0.05, 0.1) is 0 Å². The fraction of sp³-hybridized carbons (Fsp3) is 0.556. The maximum atomic E-state index is 12.9. The van der Waals surface area contributed by atoms with E-state index in [0.717, 1.165) is 18.4 Å². The monoisotopic (exact) mass is 302 g/mol. The molecule has 2 rings (SSSR count). The van der Waals surface area contributed by atoms with Gasteiger partial charge in [0.15, 0.2) is 0 Å². The molecule has 22 heavy (non-hydrogen) atoms. The number of amides is 2. The lowest BCUT2D eigenvalue weighted by Gasteiger charge is -2.37. The molecule has 1 aliphatic rings. The Morgan fingerprint density at radius 2 is 1.91 bits per heavy atom. The lowest BCUT2D eigenvalue weighted by atomic mass is 9.95. The van der Waals surface area contributed by atoms with Gasteiger partial charge in [-0.3, -0.25) is 9.59 Å². The topological polar surface area (TPSA) is 40.6 Å². The average Bonchev–Trinajstić information content (AvgIpc) is 2.89. The van der Waals surface area contributed by atoms with Gasteiger partial charge in [-0.05, 0) is 25.3 Å². The molecule has 4 heteroatoms. The summed E-state index contributed by atoms with van der Waals surface area (Å²) in [5, 5.41) is 0. The summed E-state index contributed by atoms with van der Waals surface area (Å²) < 4.78 is 0. The lowest BCUT2D eigenvalue weighted by Crippen LogP contribution is -2.56. The summed E-state index contributed by atoms with van der Waals surface area (Å²) in [6.45, 7) is 6.93. The summed E-state index contributed by atoms with van der Waals surface area (Å²) in [6, 6.07) is 9.93. The third-order valence-electron chi connectivity index (χ3n) is 4.47. The Balaban J connectivity index is 2.14. The normalized spacial score (nSPS) is 21.2. The highest BCUT2D eigenvalue weighted by atomic mass is 16.2. The number of rotatable bonds is 4. The first kappa shape index (κ1) is 16.5. The number of likely N-dealkylation sites (N-methyl/N-ethyl adjacent to an activating group) is 1. The lowest BCUT2D eigenvalue weighted by molar-refractivity contribution is -0.151. The zero-order valence-electron chi connectivity index (χ0n) is 14.0. The van der Waals surface area contributed by atoms with Gasteiger partial charge < -0.3 is 9.80 Å². The Morgan fingerprint density at radius 3 is 2.50 bits per heavy atom. The van der Waals surface area contributed by atoms with E-state index in [1.165, 1.54) is 0 Å². The van der Waals surface area contributed by atoms with Crippen LogP contribution in [0.5, 0.6) is 0 Å². The summed E-state index contributed by atoms with van der Waals surface area (Å²) in [4.78, 5) is 28.9. The second kappa shape index (κ2) is 6.51. The number of hydrogen-bond donors (Lipinski definition) is 0. The first-order chi connectivity index (χ1) is 10.4. The number of carbonyl (C=O) groups excluding carboxylic acids is 2. The quantitative estimate of drug-likeness (QED) is 0.858. The van der Waals surface area contributed by atoms with Crippen LogP contribution in [0.1, 0.15) is 39.2 Å². The Kier molecular flexibility index (Phi) is 4.89. The van der Waals surface area contributed by atoms with E-state index in [-0.39, 0.29) is 17.7 Å². The van der Waals surface area contributed by atoms with Crippen LogP contribution in [0.15, 0.2) is 30.3 Å². The van der Waals surface area contributed by atoms with Gasteiger partial charge in [-0.2, -0.15) is 0 Å². The van der Waals surface area contributed by atoms with Gasteiger partial charge in [-0.1, -0.05) is 44.2 Å². The van der Waals surface area contributed by atoms with Crippen LogP contribution in [-0.2, 0) is 16.1 Å². The molecule has 0 aliphatic carbocycles. The van der Waals surface area contributed by atoms with Crippen molar-refractivity contribution in [2.75, 3.05) is 13.6 Å². The number of likely N-dealkylation sites (tertiary alicyclic amines) is 1. The van der Waals surface area contributed by atoms with Crippen molar-refractivity contribution in [2.45, 2.75) is 45.7 Å². The predicted molar refractivity (Wildman–Crippen MR) is 87.1 cm³/mol. The first-order valence-electron chi connectivity index (χ1n) is 7.97. The average molecular weight is 302 g/mol. The van der Waals surface area contributed by atoms with Gasteiger partial charge in [0.1, 0.15) is 5.54 Å². The van der Waals surface area contributed by atoms with Crippen LogP contribution < -0.4 is 0 Å². The van der Waals surface area contributed by atoms with Crippen molar-refractivity contribution in [3.05, 3.63) is 35.9 Å². The molecule has 1 aromatic carbocycles. The van der Waals surface area contributed by atoms with Crippen LogP contribution in [-0.4, -0.2) is 40.7 Å². The van der Waals surface area contributed by atoms with E-state index in [0.29, 0.717) is 13.1 Å². The molecule has 0 aromatic heterocycles. The standard InChI is InChI=1S/C18H26N2O2/c1-14(2)16(21)20-12-8-11-18(20,3)17(22)19(4)13-15-9-6-5-7-10-15/h5-7,9-10,14H,8,11-13H2,1-4H3. The maximum Gasteiger partial charge on any atom is 0.248 e. The van der Waals surface area contributed by atoms with Crippen molar-refractivity contribution in [2.24, 2.45) is 5.92 Å². The molecule has 2 amide bonds. The van der Waals surface area contributed by atoms with E-state index < -0.39 is 5.54 Å². The summed E-state index contributed by atoms with van der Waals surface area (Å²) in [5.74, 6) is 0.0222. The molecule has 0 spiro atoms. The molecule has 0 saturated carbocycles. The highest BCUT2D eigenvalue weighted by Crippen LogP contribution is 2.32. The van der Waals surface area contributed by atoms with E-state index in [4.69, 9.17) is 0 Å². The van der Waals surface area contributed by atoms with Crippen LogP contribution in [0.3, 0.4) is 0 Å². The molecular weight excluding hydrogens is 276 g/mol. The fourth-order valence-corrected chi connectivity index (χ4v) is 3.19. The minimum Gasteiger partial charge on any atom is -0.339 e. The molecule has 0 N–H and O–H groups in total. The minimum atomic E-state index is -0.703. The van der Waals surface area contributed by atoms with Crippen LogP contribution >= 0.6 is 0 Å². The molecule has 4 nitrogen and oxygen atoms in total. The van der Waals surface area contributed by atoms with Crippen LogP contribution in [0.4, 0.5) is 0 Å². The third-order valence-corrected chi connectivity index (χ3v) is 4.47. The molecule has 1 aromatic rings. The molecule has 0 bridgehead atoms. The predicted octanol–water partition coefficient (Wildman–Crippen LogP) is 2.68. The highest BCUT2D eigenvalue weighted by Gasteiger charge is 2.47. The fourth-order valence-electron chi connectivity index (χ4n) is 3.19. The number of hydrogen-bond acceptors (Lipinski definition) is 2.